The predicted molar refractivity (Wildman–Crippen MR) is 82.7 cm³/mol. The molecule has 122 valence electrons. The predicted octanol–water partition coefficient (Wildman–Crippen LogP) is 2.14. The molecule has 1 amide bonds. The summed E-state index contributed by atoms with van der Waals surface area (Å²) in [5.74, 6) is 0.0901. The molecule has 5 nitrogen and oxygen atoms in total. The van der Waals surface area contributed by atoms with Gasteiger partial charge in [0.2, 0.25) is 5.91 Å². The van der Waals surface area contributed by atoms with E-state index in [1.165, 1.54) is 0 Å². The molecule has 1 fully saturated rings. The van der Waals surface area contributed by atoms with Crippen molar-refractivity contribution in [2.75, 3.05) is 19.8 Å². The third-order valence-corrected chi connectivity index (χ3v) is 2.97. The summed E-state index contributed by atoms with van der Waals surface area (Å²) in [6.45, 7) is 10.6. The van der Waals surface area contributed by atoms with Crippen LogP contribution in [0, 0.1) is 5.92 Å². The first kappa shape index (κ1) is 19.6. The van der Waals surface area contributed by atoms with Gasteiger partial charge in [-0.25, -0.2) is 4.79 Å². The number of amides is 1. The van der Waals surface area contributed by atoms with Crippen LogP contribution in [-0.4, -0.2) is 47.7 Å². The number of esters is 1. The lowest BCUT2D eigenvalue weighted by molar-refractivity contribution is -0.154. The molecule has 1 aliphatic heterocycles. The number of aliphatic hydroxyl groups excluding tert-OH is 1. The molecule has 0 spiro atoms. The minimum atomic E-state index is -0.374. The Morgan fingerprint density at radius 1 is 1.48 bits per heavy atom. The fraction of sp³-hybridized carbons (Fsp3) is 0.750. The van der Waals surface area contributed by atoms with Gasteiger partial charge < -0.3 is 14.7 Å². The molecule has 1 N–H and O–H groups in total. The van der Waals surface area contributed by atoms with Crippen LogP contribution < -0.4 is 0 Å². The molecule has 1 atom stereocenters. The van der Waals surface area contributed by atoms with E-state index >= 15 is 0 Å². The van der Waals surface area contributed by atoms with Crippen molar-refractivity contribution in [3.8, 4) is 0 Å². The third kappa shape index (κ3) is 7.85. The Bertz CT molecular complexity index is 328. The average molecular weight is 299 g/mol. The van der Waals surface area contributed by atoms with Crippen LogP contribution in [0.4, 0.5) is 0 Å². The smallest absolute Gasteiger partial charge is 0.328 e. The summed E-state index contributed by atoms with van der Waals surface area (Å²) < 4.78 is 5.22. The number of likely N-dealkylation sites (tertiary alicyclic amines) is 1. The van der Waals surface area contributed by atoms with Crippen LogP contribution in [0.25, 0.3) is 0 Å². The first-order valence-electron chi connectivity index (χ1n) is 7.65. The lowest BCUT2D eigenvalue weighted by Gasteiger charge is -2.23. The van der Waals surface area contributed by atoms with Crippen LogP contribution in [-0.2, 0) is 14.3 Å². The first-order chi connectivity index (χ1) is 9.97. The van der Waals surface area contributed by atoms with Gasteiger partial charge in [0.05, 0.1) is 6.61 Å². The SMILES string of the molecule is C=CCCC(=O)N1CCCC1C(=O)OCC(C)C.CCO. The number of hydrogen-bond donors (Lipinski definition) is 1. The van der Waals surface area contributed by atoms with Gasteiger partial charge in [0.15, 0.2) is 0 Å². The number of carbonyl (C=O) groups excluding carboxylic acids is 2. The monoisotopic (exact) mass is 299 g/mol. The van der Waals surface area contributed by atoms with Crippen LogP contribution in [0.15, 0.2) is 12.7 Å². The number of ether oxygens (including phenoxy) is 1. The van der Waals surface area contributed by atoms with Crippen molar-refractivity contribution in [2.24, 2.45) is 5.92 Å². The number of rotatable bonds is 6. The summed E-state index contributed by atoms with van der Waals surface area (Å²) >= 11 is 0. The molecule has 0 bridgehead atoms. The number of carbonyl (C=O) groups is 2. The molecule has 1 saturated heterocycles. The molecule has 0 aromatic carbocycles. The van der Waals surface area contributed by atoms with Crippen molar-refractivity contribution < 1.29 is 19.4 Å². The van der Waals surface area contributed by atoms with E-state index in [0.717, 1.165) is 12.8 Å². The maximum absolute atomic E-state index is 11.9. The Kier molecular flexibility index (Phi) is 10.6. The fourth-order valence-electron chi connectivity index (χ4n) is 2.02. The largest absolute Gasteiger partial charge is 0.464 e. The molecular formula is C16H29NO4. The van der Waals surface area contributed by atoms with E-state index in [1.807, 2.05) is 13.8 Å². The van der Waals surface area contributed by atoms with Crippen LogP contribution in [0.3, 0.4) is 0 Å². The van der Waals surface area contributed by atoms with E-state index in [4.69, 9.17) is 9.84 Å². The van der Waals surface area contributed by atoms with Crippen molar-refractivity contribution in [2.45, 2.75) is 52.5 Å². The zero-order valence-corrected chi connectivity index (χ0v) is 13.5. The molecule has 1 heterocycles. The highest BCUT2D eigenvalue weighted by molar-refractivity contribution is 5.85. The fourth-order valence-corrected chi connectivity index (χ4v) is 2.02. The zero-order valence-electron chi connectivity index (χ0n) is 13.5. The second kappa shape index (κ2) is 11.3. The van der Waals surface area contributed by atoms with E-state index in [9.17, 15) is 9.59 Å². The Morgan fingerprint density at radius 2 is 2.10 bits per heavy atom. The van der Waals surface area contributed by atoms with Gasteiger partial charge in [-0.3, -0.25) is 4.79 Å². The van der Waals surface area contributed by atoms with Gasteiger partial charge in [-0.1, -0.05) is 19.9 Å². The minimum Gasteiger partial charge on any atom is -0.464 e. The highest BCUT2D eigenvalue weighted by Crippen LogP contribution is 2.20. The molecule has 0 aromatic heterocycles. The van der Waals surface area contributed by atoms with Crippen LogP contribution in [0.5, 0.6) is 0 Å². The summed E-state index contributed by atoms with van der Waals surface area (Å²) in [6, 6.07) is -0.374. The van der Waals surface area contributed by atoms with Gasteiger partial charge in [-0.15, -0.1) is 6.58 Å². The molecule has 1 rings (SSSR count). The lowest BCUT2D eigenvalue weighted by Crippen LogP contribution is -2.41. The maximum atomic E-state index is 11.9. The molecule has 0 aliphatic carbocycles. The molecule has 1 aliphatic rings. The molecule has 0 saturated carbocycles. The second-order valence-electron chi connectivity index (χ2n) is 5.41. The number of allylic oxidation sites excluding steroid dienone is 1. The molecule has 21 heavy (non-hydrogen) atoms. The zero-order chi connectivity index (χ0) is 16.3. The standard InChI is InChI=1S/C14H23NO3.C2H6O/c1-4-5-8-13(16)15-9-6-7-12(15)14(17)18-10-11(2)3;1-2-3/h4,11-12H,1,5-10H2,2-3H3;3H,2H2,1H3. The quantitative estimate of drug-likeness (QED) is 0.603. The maximum Gasteiger partial charge on any atom is 0.328 e. The summed E-state index contributed by atoms with van der Waals surface area (Å²) in [5.41, 5.74) is 0. The van der Waals surface area contributed by atoms with Crippen LogP contribution >= 0.6 is 0 Å². The summed E-state index contributed by atoms with van der Waals surface area (Å²) in [4.78, 5) is 25.5. The second-order valence-corrected chi connectivity index (χ2v) is 5.41. The van der Waals surface area contributed by atoms with E-state index in [0.29, 0.717) is 31.9 Å². The summed E-state index contributed by atoms with van der Waals surface area (Å²) in [7, 11) is 0. The third-order valence-electron chi connectivity index (χ3n) is 2.97. The van der Waals surface area contributed by atoms with Gasteiger partial charge in [0.25, 0.3) is 0 Å². The topological polar surface area (TPSA) is 66.8 Å². The van der Waals surface area contributed by atoms with Crippen molar-refractivity contribution in [3.05, 3.63) is 12.7 Å². The summed E-state index contributed by atoms with van der Waals surface area (Å²) in [5, 5.41) is 7.57. The first-order valence-corrected chi connectivity index (χ1v) is 7.65. The highest BCUT2D eigenvalue weighted by Gasteiger charge is 2.34. The Hall–Kier alpha value is -1.36. The van der Waals surface area contributed by atoms with Crippen LogP contribution in [0.1, 0.15) is 46.5 Å². The Labute approximate surface area is 128 Å². The van der Waals surface area contributed by atoms with Gasteiger partial charge in [0.1, 0.15) is 6.04 Å². The van der Waals surface area contributed by atoms with E-state index in [-0.39, 0.29) is 24.5 Å². The lowest BCUT2D eigenvalue weighted by atomic mass is 10.2. The van der Waals surface area contributed by atoms with Crippen molar-refractivity contribution in [3.63, 3.8) is 0 Å². The normalized spacial score (nSPS) is 17.2. The van der Waals surface area contributed by atoms with Gasteiger partial charge in [-0.2, -0.15) is 0 Å². The van der Waals surface area contributed by atoms with Gasteiger partial charge >= 0.3 is 5.97 Å². The molecule has 1 unspecified atom stereocenters. The Morgan fingerprint density at radius 3 is 2.62 bits per heavy atom. The van der Waals surface area contributed by atoms with Crippen molar-refractivity contribution in [1.82, 2.24) is 4.90 Å². The minimum absolute atomic E-state index is 0.0268. The van der Waals surface area contributed by atoms with Crippen LogP contribution in [0.2, 0.25) is 0 Å². The van der Waals surface area contributed by atoms with Gasteiger partial charge in [-0.05, 0) is 32.1 Å². The van der Waals surface area contributed by atoms with E-state index in [2.05, 4.69) is 6.58 Å². The molecule has 0 aromatic rings. The number of aliphatic hydroxyl groups is 1. The average Bonchev–Trinajstić information content (AvgIpc) is 2.92. The molecule has 0 radical (unpaired) electrons. The number of nitrogens with zero attached hydrogens (tertiary/aromatic N) is 1. The molecular weight excluding hydrogens is 270 g/mol. The van der Waals surface area contributed by atoms with E-state index in [1.54, 1.807) is 17.9 Å². The number of hydrogen-bond acceptors (Lipinski definition) is 4. The summed E-state index contributed by atoms with van der Waals surface area (Å²) in [6.07, 6.45) is 4.40. The Balaban J connectivity index is 0.00000122. The van der Waals surface area contributed by atoms with Gasteiger partial charge in [0, 0.05) is 19.6 Å². The molecule has 5 heteroatoms. The van der Waals surface area contributed by atoms with Crippen molar-refractivity contribution >= 4 is 11.9 Å². The van der Waals surface area contributed by atoms with E-state index < -0.39 is 0 Å². The van der Waals surface area contributed by atoms with Crippen molar-refractivity contribution in [1.29, 1.82) is 0 Å². The highest BCUT2D eigenvalue weighted by atomic mass is 16.5.